The third-order valence-electron chi connectivity index (χ3n) is 4.47. The van der Waals surface area contributed by atoms with Crippen LogP contribution in [0.5, 0.6) is 0 Å². The molecule has 1 heterocycles. The molecule has 2 nitrogen and oxygen atoms in total. The zero-order chi connectivity index (χ0) is 14.4. The van der Waals surface area contributed by atoms with E-state index in [1.807, 2.05) is 0 Å². The summed E-state index contributed by atoms with van der Waals surface area (Å²) in [6.07, 6.45) is 5.49. The Morgan fingerprint density at radius 3 is 2.90 bits per heavy atom. The Kier molecular flexibility index (Phi) is 2.96. The molecule has 1 atom stereocenters. The van der Waals surface area contributed by atoms with E-state index < -0.39 is 0 Å². The van der Waals surface area contributed by atoms with Crippen molar-refractivity contribution < 1.29 is 0 Å². The zero-order valence-corrected chi connectivity index (χ0v) is 12.9. The largest absolute Gasteiger partial charge is 0.399 e. The standard InChI is InChI=1S/C18H18N2S/c1-21-18-10-14(19)9-17-16(18)6-7-20(17)11-13-8-12-4-2-3-5-15(12)13/h2-7,9-10,13H,8,11,19H2,1H3. The Morgan fingerprint density at radius 1 is 1.24 bits per heavy atom. The highest BCUT2D eigenvalue weighted by molar-refractivity contribution is 7.98. The number of fused-ring (bicyclic) bond motifs is 2. The minimum absolute atomic E-state index is 0.635. The summed E-state index contributed by atoms with van der Waals surface area (Å²) < 4.78 is 2.35. The van der Waals surface area contributed by atoms with Crippen LogP contribution in [0.25, 0.3) is 10.9 Å². The van der Waals surface area contributed by atoms with Crippen LogP contribution in [0.1, 0.15) is 17.0 Å². The van der Waals surface area contributed by atoms with Gasteiger partial charge in [0.25, 0.3) is 0 Å². The van der Waals surface area contributed by atoms with Crippen LogP contribution < -0.4 is 5.73 Å². The lowest BCUT2D eigenvalue weighted by atomic mass is 9.77. The van der Waals surface area contributed by atoms with Crippen molar-refractivity contribution in [3.8, 4) is 0 Å². The first-order valence-corrected chi connectivity index (χ1v) is 8.49. The predicted octanol–water partition coefficient (Wildman–Crippen LogP) is 4.29. The Labute approximate surface area is 129 Å². The number of nitrogens with two attached hydrogens (primary N) is 1. The van der Waals surface area contributed by atoms with E-state index in [1.165, 1.54) is 33.3 Å². The molecule has 1 unspecified atom stereocenters. The molecule has 0 spiro atoms. The van der Waals surface area contributed by atoms with Gasteiger partial charge in [0.2, 0.25) is 0 Å². The molecule has 0 bridgehead atoms. The first-order valence-electron chi connectivity index (χ1n) is 7.26. The van der Waals surface area contributed by atoms with E-state index in [0.29, 0.717) is 5.92 Å². The molecule has 1 aromatic heterocycles. The highest BCUT2D eigenvalue weighted by Crippen LogP contribution is 2.37. The summed E-state index contributed by atoms with van der Waals surface area (Å²) in [6, 6.07) is 15.1. The van der Waals surface area contributed by atoms with Gasteiger partial charge in [-0.3, -0.25) is 0 Å². The van der Waals surface area contributed by atoms with Gasteiger partial charge in [0, 0.05) is 34.6 Å². The van der Waals surface area contributed by atoms with Crippen molar-refractivity contribution >= 4 is 28.4 Å². The quantitative estimate of drug-likeness (QED) is 0.577. The lowest BCUT2D eigenvalue weighted by molar-refractivity contribution is 0.518. The minimum Gasteiger partial charge on any atom is -0.399 e. The number of benzene rings is 2. The average molecular weight is 294 g/mol. The highest BCUT2D eigenvalue weighted by atomic mass is 32.2. The normalized spacial score (nSPS) is 16.7. The smallest absolute Gasteiger partial charge is 0.0512 e. The van der Waals surface area contributed by atoms with Gasteiger partial charge >= 0.3 is 0 Å². The topological polar surface area (TPSA) is 30.9 Å². The fourth-order valence-electron chi connectivity index (χ4n) is 3.37. The molecule has 1 aliphatic carbocycles. The molecular formula is C18H18N2S. The second-order valence-corrected chi connectivity index (χ2v) is 6.57. The van der Waals surface area contributed by atoms with Crippen molar-refractivity contribution in [2.24, 2.45) is 0 Å². The van der Waals surface area contributed by atoms with E-state index in [0.717, 1.165) is 12.2 Å². The number of nitrogen functional groups attached to an aromatic ring is 1. The van der Waals surface area contributed by atoms with E-state index >= 15 is 0 Å². The van der Waals surface area contributed by atoms with Gasteiger partial charge in [-0.1, -0.05) is 24.3 Å². The van der Waals surface area contributed by atoms with Gasteiger partial charge < -0.3 is 10.3 Å². The second-order valence-electron chi connectivity index (χ2n) is 5.72. The van der Waals surface area contributed by atoms with Gasteiger partial charge in [-0.25, -0.2) is 0 Å². The van der Waals surface area contributed by atoms with Gasteiger partial charge in [-0.15, -0.1) is 11.8 Å². The van der Waals surface area contributed by atoms with Gasteiger partial charge in [0.15, 0.2) is 0 Å². The summed E-state index contributed by atoms with van der Waals surface area (Å²) in [7, 11) is 0. The number of nitrogens with zero attached hydrogens (tertiary/aromatic N) is 1. The van der Waals surface area contributed by atoms with Crippen LogP contribution >= 0.6 is 11.8 Å². The van der Waals surface area contributed by atoms with Crippen molar-refractivity contribution in [3.63, 3.8) is 0 Å². The maximum absolute atomic E-state index is 6.06. The van der Waals surface area contributed by atoms with Crippen LogP contribution in [0.2, 0.25) is 0 Å². The molecule has 3 aromatic rings. The van der Waals surface area contributed by atoms with Crippen LogP contribution in [0.3, 0.4) is 0 Å². The maximum atomic E-state index is 6.06. The summed E-state index contributed by atoms with van der Waals surface area (Å²) >= 11 is 1.76. The lowest BCUT2D eigenvalue weighted by Crippen LogP contribution is -2.21. The van der Waals surface area contributed by atoms with Gasteiger partial charge in [0.05, 0.1) is 5.52 Å². The fourth-order valence-corrected chi connectivity index (χ4v) is 4.02. The van der Waals surface area contributed by atoms with Crippen molar-refractivity contribution in [1.29, 1.82) is 0 Å². The summed E-state index contributed by atoms with van der Waals surface area (Å²) in [6.45, 7) is 1.04. The molecule has 3 heteroatoms. The van der Waals surface area contributed by atoms with Crippen LogP contribution in [0, 0.1) is 0 Å². The Bertz CT molecular complexity index is 819. The Balaban J connectivity index is 1.71. The van der Waals surface area contributed by atoms with Crippen LogP contribution in [0.4, 0.5) is 5.69 Å². The zero-order valence-electron chi connectivity index (χ0n) is 12.0. The van der Waals surface area contributed by atoms with Crippen molar-refractivity contribution in [2.75, 3.05) is 12.0 Å². The van der Waals surface area contributed by atoms with Crippen molar-refractivity contribution in [3.05, 3.63) is 59.8 Å². The number of thioether (sulfide) groups is 1. The molecule has 0 amide bonds. The highest BCUT2D eigenvalue weighted by Gasteiger charge is 2.25. The second kappa shape index (κ2) is 4.85. The van der Waals surface area contributed by atoms with E-state index in [2.05, 4.69) is 59.5 Å². The molecule has 4 rings (SSSR count). The number of anilines is 1. The van der Waals surface area contributed by atoms with E-state index in [-0.39, 0.29) is 0 Å². The first kappa shape index (κ1) is 12.8. The Hall–Kier alpha value is -1.87. The van der Waals surface area contributed by atoms with Gasteiger partial charge in [-0.2, -0.15) is 0 Å². The van der Waals surface area contributed by atoms with Crippen molar-refractivity contribution in [1.82, 2.24) is 4.57 Å². The molecule has 2 aromatic carbocycles. The van der Waals surface area contributed by atoms with E-state index in [4.69, 9.17) is 5.73 Å². The van der Waals surface area contributed by atoms with Gasteiger partial charge in [0.1, 0.15) is 0 Å². The third kappa shape index (κ3) is 2.04. The van der Waals surface area contributed by atoms with E-state index in [9.17, 15) is 0 Å². The SMILES string of the molecule is CSc1cc(N)cc2c1ccn2CC1Cc2ccccc21. The summed E-state index contributed by atoms with van der Waals surface area (Å²) in [5.41, 5.74) is 11.2. The van der Waals surface area contributed by atoms with Gasteiger partial charge in [-0.05, 0) is 42.0 Å². The number of rotatable bonds is 3. The third-order valence-corrected chi connectivity index (χ3v) is 5.25. The molecule has 1 aliphatic rings. The summed E-state index contributed by atoms with van der Waals surface area (Å²) in [5, 5.41) is 1.31. The molecule has 0 saturated heterocycles. The number of hydrogen-bond donors (Lipinski definition) is 1. The molecule has 2 N–H and O–H groups in total. The van der Waals surface area contributed by atoms with Crippen molar-refractivity contribution in [2.45, 2.75) is 23.8 Å². The first-order chi connectivity index (χ1) is 10.3. The molecule has 21 heavy (non-hydrogen) atoms. The van der Waals surface area contributed by atoms with Crippen LogP contribution in [-0.4, -0.2) is 10.8 Å². The van der Waals surface area contributed by atoms with Crippen LogP contribution in [-0.2, 0) is 13.0 Å². The van der Waals surface area contributed by atoms with E-state index in [1.54, 1.807) is 11.8 Å². The monoisotopic (exact) mass is 294 g/mol. The molecule has 0 radical (unpaired) electrons. The molecule has 106 valence electrons. The average Bonchev–Trinajstić information content (AvgIpc) is 2.87. The number of hydrogen-bond acceptors (Lipinski definition) is 2. The molecular weight excluding hydrogens is 276 g/mol. The summed E-state index contributed by atoms with van der Waals surface area (Å²) in [4.78, 5) is 1.26. The Morgan fingerprint density at radius 2 is 2.10 bits per heavy atom. The minimum atomic E-state index is 0.635. The fraction of sp³-hybridized carbons (Fsp3) is 0.222. The predicted molar refractivity (Wildman–Crippen MR) is 91.0 cm³/mol. The summed E-state index contributed by atoms with van der Waals surface area (Å²) in [5.74, 6) is 0.635. The van der Waals surface area contributed by atoms with Crippen LogP contribution in [0.15, 0.2) is 53.6 Å². The molecule has 0 aliphatic heterocycles. The molecule has 0 fully saturated rings. The lowest BCUT2D eigenvalue weighted by Gasteiger charge is -2.30. The number of aromatic nitrogens is 1. The molecule has 0 saturated carbocycles. The maximum Gasteiger partial charge on any atom is 0.0512 e.